The number of sulfonamides is 1. The molecular formula is C33H56N2O4SSi. The third-order valence-corrected chi connectivity index (χ3v) is 14.7. The molecule has 0 radical (unpaired) electrons. The molecule has 0 heterocycles. The molecule has 0 aliphatic heterocycles. The molecule has 0 aliphatic carbocycles. The number of aryl methyl sites for hydroxylation is 2. The van der Waals surface area contributed by atoms with Gasteiger partial charge in [-0.05, 0) is 85.3 Å². The number of anilines is 1. The standard InChI is InChI=1S/C33H56N2O4SSi/c1-11-13-23-33(24-14-12-2,26-39-41(9,10)32(3,4)5)34-40(36,37)31-22-19-29(35(6)7)25-28(31)18-15-27-16-20-30(38-8)21-17-27/h16-17,19-22,25,34H,11-15,18,23-24,26H2,1-10H3. The summed E-state index contributed by atoms with van der Waals surface area (Å²) in [6, 6.07) is 13.7. The topological polar surface area (TPSA) is 67.9 Å². The molecule has 8 heteroatoms. The molecule has 1 N–H and O–H groups in total. The zero-order chi connectivity index (χ0) is 30.9. The van der Waals surface area contributed by atoms with Crippen LogP contribution in [-0.2, 0) is 27.3 Å². The predicted molar refractivity (Wildman–Crippen MR) is 176 cm³/mol. The van der Waals surface area contributed by atoms with Gasteiger partial charge in [-0.2, -0.15) is 0 Å². The van der Waals surface area contributed by atoms with Crippen LogP contribution in [0.2, 0.25) is 18.1 Å². The lowest BCUT2D eigenvalue weighted by molar-refractivity contribution is 0.162. The molecule has 2 aromatic rings. The number of benzene rings is 2. The molecule has 0 fully saturated rings. The van der Waals surface area contributed by atoms with Gasteiger partial charge in [0.1, 0.15) is 5.75 Å². The third-order valence-electron chi connectivity index (χ3n) is 8.58. The van der Waals surface area contributed by atoms with Crippen LogP contribution < -0.4 is 14.4 Å². The fourth-order valence-electron chi connectivity index (χ4n) is 4.68. The summed E-state index contributed by atoms with van der Waals surface area (Å²) in [6.07, 6.45) is 6.74. The summed E-state index contributed by atoms with van der Waals surface area (Å²) in [5.41, 5.74) is 2.30. The third kappa shape index (κ3) is 10.1. The average molecular weight is 605 g/mol. The maximum absolute atomic E-state index is 14.3. The number of unbranched alkanes of at least 4 members (excludes halogenated alkanes) is 2. The summed E-state index contributed by atoms with van der Waals surface area (Å²) in [6.45, 7) is 15.9. The van der Waals surface area contributed by atoms with Crippen molar-refractivity contribution in [1.82, 2.24) is 4.72 Å². The molecule has 0 saturated heterocycles. The highest BCUT2D eigenvalue weighted by molar-refractivity contribution is 7.89. The summed E-state index contributed by atoms with van der Waals surface area (Å²) in [4.78, 5) is 2.38. The lowest BCUT2D eigenvalue weighted by atomic mass is 9.89. The molecule has 0 aromatic heterocycles. The van der Waals surface area contributed by atoms with E-state index in [4.69, 9.17) is 9.16 Å². The Labute approximate surface area is 252 Å². The van der Waals surface area contributed by atoms with Gasteiger partial charge in [-0.1, -0.05) is 72.4 Å². The molecule has 232 valence electrons. The van der Waals surface area contributed by atoms with Gasteiger partial charge in [-0.3, -0.25) is 0 Å². The number of hydrogen-bond donors (Lipinski definition) is 1. The van der Waals surface area contributed by atoms with E-state index in [9.17, 15) is 8.42 Å². The summed E-state index contributed by atoms with van der Waals surface area (Å²) in [5, 5.41) is 0.0454. The molecule has 2 aromatic carbocycles. The lowest BCUT2D eigenvalue weighted by Gasteiger charge is -2.42. The van der Waals surface area contributed by atoms with Crippen molar-refractivity contribution in [2.45, 2.75) is 115 Å². The van der Waals surface area contributed by atoms with E-state index in [1.807, 2.05) is 55.4 Å². The van der Waals surface area contributed by atoms with Crippen LogP contribution in [0.4, 0.5) is 5.69 Å². The Hall–Kier alpha value is -1.87. The minimum Gasteiger partial charge on any atom is -0.497 e. The van der Waals surface area contributed by atoms with Crippen molar-refractivity contribution >= 4 is 24.0 Å². The Morgan fingerprint density at radius 3 is 1.98 bits per heavy atom. The van der Waals surface area contributed by atoms with Crippen LogP contribution in [-0.4, -0.2) is 50.1 Å². The van der Waals surface area contributed by atoms with Crippen molar-refractivity contribution < 1.29 is 17.6 Å². The van der Waals surface area contributed by atoms with Crippen molar-refractivity contribution in [1.29, 1.82) is 0 Å². The Balaban J connectivity index is 2.49. The summed E-state index contributed by atoms with van der Waals surface area (Å²) in [7, 11) is -0.291. The molecular weight excluding hydrogens is 549 g/mol. The Kier molecular flexibility index (Phi) is 13.0. The summed E-state index contributed by atoms with van der Waals surface area (Å²) >= 11 is 0. The fourth-order valence-corrected chi connectivity index (χ4v) is 7.45. The summed E-state index contributed by atoms with van der Waals surface area (Å²) in [5.74, 6) is 0.811. The quantitative estimate of drug-likeness (QED) is 0.186. The minimum absolute atomic E-state index is 0.0454. The Bertz CT molecular complexity index is 1180. The fraction of sp³-hybridized carbons (Fsp3) is 0.636. The summed E-state index contributed by atoms with van der Waals surface area (Å²) < 4.78 is 43.9. The van der Waals surface area contributed by atoms with Crippen LogP contribution in [0, 0.1) is 0 Å². The molecule has 41 heavy (non-hydrogen) atoms. The van der Waals surface area contributed by atoms with E-state index in [0.29, 0.717) is 17.9 Å². The molecule has 6 nitrogen and oxygen atoms in total. The van der Waals surface area contributed by atoms with Gasteiger partial charge in [0.15, 0.2) is 8.32 Å². The van der Waals surface area contributed by atoms with E-state index in [1.54, 1.807) is 13.2 Å². The van der Waals surface area contributed by atoms with E-state index in [1.165, 1.54) is 0 Å². The van der Waals surface area contributed by atoms with Crippen LogP contribution >= 0.6 is 0 Å². The highest BCUT2D eigenvalue weighted by atomic mass is 32.2. The van der Waals surface area contributed by atoms with E-state index in [0.717, 1.165) is 67.5 Å². The normalized spacial score (nSPS) is 12.9. The van der Waals surface area contributed by atoms with Crippen molar-refractivity contribution in [3.05, 3.63) is 53.6 Å². The molecule has 0 atom stereocenters. The molecule has 0 spiro atoms. The lowest BCUT2D eigenvalue weighted by Crippen LogP contribution is -2.55. The van der Waals surface area contributed by atoms with Crippen LogP contribution in [0.15, 0.2) is 47.4 Å². The highest BCUT2D eigenvalue weighted by Crippen LogP contribution is 2.38. The number of rotatable bonds is 17. The van der Waals surface area contributed by atoms with E-state index < -0.39 is 23.9 Å². The van der Waals surface area contributed by atoms with Gasteiger partial charge in [0.2, 0.25) is 10.0 Å². The second-order valence-electron chi connectivity index (χ2n) is 13.2. The van der Waals surface area contributed by atoms with Gasteiger partial charge in [0.05, 0.1) is 24.2 Å². The first-order valence-corrected chi connectivity index (χ1v) is 19.6. The van der Waals surface area contributed by atoms with Crippen LogP contribution in [0.5, 0.6) is 5.75 Å². The minimum atomic E-state index is -3.82. The molecule has 0 amide bonds. The van der Waals surface area contributed by atoms with Crippen molar-refractivity contribution in [2.24, 2.45) is 0 Å². The van der Waals surface area contributed by atoms with Crippen molar-refractivity contribution in [3.8, 4) is 5.75 Å². The van der Waals surface area contributed by atoms with Crippen molar-refractivity contribution in [2.75, 3.05) is 32.7 Å². The van der Waals surface area contributed by atoms with E-state index in [-0.39, 0.29) is 5.04 Å². The number of methoxy groups -OCH3 is 1. The SMILES string of the molecule is CCCCC(CCCC)(CO[Si](C)(C)C(C)(C)C)NS(=O)(=O)c1ccc(N(C)C)cc1CCc1ccc(OC)cc1. The molecule has 0 saturated carbocycles. The van der Waals surface area contributed by atoms with Gasteiger partial charge in [-0.15, -0.1) is 0 Å². The van der Waals surface area contributed by atoms with Crippen LogP contribution in [0.1, 0.15) is 84.3 Å². The largest absolute Gasteiger partial charge is 0.497 e. The first-order valence-electron chi connectivity index (χ1n) is 15.2. The van der Waals surface area contributed by atoms with Gasteiger partial charge < -0.3 is 14.1 Å². The maximum atomic E-state index is 14.3. The first-order chi connectivity index (χ1) is 19.1. The maximum Gasteiger partial charge on any atom is 0.241 e. The zero-order valence-electron chi connectivity index (χ0n) is 27.4. The predicted octanol–water partition coefficient (Wildman–Crippen LogP) is 7.97. The molecule has 0 aliphatic rings. The van der Waals surface area contributed by atoms with E-state index >= 15 is 0 Å². The van der Waals surface area contributed by atoms with Crippen LogP contribution in [0.25, 0.3) is 0 Å². The van der Waals surface area contributed by atoms with Crippen LogP contribution in [0.3, 0.4) is 0 Å². The second kappa shape index (κ2) is 15.0. The molecule has 2 rings (SSSR count). The van der Waals surface area contributed by atoms with Gasteiger partial charge in [-0.25, -0.2) is 13.1 Å². The second-order valence-corrected chi connectivity index (χ2v) is 19.6. The van der Waals surface area contributed by atoms with Gasteiger partial charge in [0.25, 0.3) is 0 Å². The Morgan fingerprint density at radius 2 is 1.49 bits per heavy atom. The number of nitrogens with zero attached hydrogens (tertiary/aromatic N) is 1. The first kappa shape index (κ1) is 35.3. The Morgan fingerprint density at radius 1 is 0.902 bits per heavy atom. The van der Waals surface area contributed by atoms with Crippen molar-refractivity contribution in [3.63, 3.8) is 0 Å². The highest BCUT2D eigenvalue weighted by Gasteiger charge is 2.42. The average Bonchev–Trinajstić information content (AvgIpc) is 2.92. The number of hydrogen-bond acceptors (Lipinski definition) is 5. The van der Waals surface area contributed by atoms with Gasteiger partial charge in [0, 0.05) is 19.8 Å². The number of nitrogens with one attached hydrogen (secondary N) is 1. The number of ether oxygens (including phenoxy) is 1. The van der Waals surface area contributed by atoms with E-state index in [2.05, 4.69) is 52.4 Å². The van der Waals surface area contributed by atoms with Gasteiger partial charge >= 0.3 is 0 Å². The molecule has 0 bridgehead atoms. The monoisotopic (exact) mass is 604 g/mol. The smallest absolute Gasteiger partial charge is 0.241 e. The molecule has 0 unspecified atom stereocenters. The zero-order valence-corrected chi connectivity index (χ0v) is 29.2.